The van der Waals surface area contributed by atoms with Crippen molar-refractivity contribution in [2.75, 3.05) is 39.3 Å². The summed E-state index contributed by atoms with van der Waals surface area (Å²) in [6.45, 7) is 7.69. The molecule has 3 heterocycles. The van der Waals surface area contributed by atoms with Gasteiger partial charge in [-0.15, -0.1) is 0 Å². The molecule has 2 aliphatic heterocycles. The van der Waals surface area contributed by atoms with Crippen LogP contribution in [0.2, 0.25) is 0 Å². The molecule has 2 aliphatic rings. The Hall–Kier alpha value is -1.46. The lowest BCUT2D eigenvalue weighted by Gasteiger charge is -2.43. The Morgan fingerprint density at radius 2 is 2.05 bits per heavy atom. The van der Waals surface area contributed by atoms with Crippen molar-refractivity contribution in [3.05, 3.63) is 29.6 Å². The maximum atomic E-state index is 12.4. The zero-order valence-corrected chi connectivity index (χ0v) is 11.3. The van der Waals surface area contributed by atoms with E-state index in [0.29, 0.717) is 6.04 Å². The van der Waals surface area contributed by atoms with Gasteiger partial charge in [-0.2, -0.15) is 0 Å². The van der Waals surface area contributed by atoms with Gasteiger partial charge < -0.3 is 10.2 Å². The van der Waals surface area contributed by atoms with Crippen LogP contribution in [0.4, 0.5) is 0 Å². The van der Waals surface area contributed by atoms with E-state index in [-0.39, 0.29) is 5.91 Å². The minimum atomic E-state index is 0.122. The molecule has 1 aromatic heterocycles. The van der Waals surface area contributed by atoms with E-state index in [4.69, 9.17) is 0 Å². The number of nitrogens with zero attached hydrogens (tertiary/aromatic N) is 3. The van der Waals surface area contributed by atoms with E-state index in [9.17, 15) is 4.79 Å². The molecule has 0 radical (unpaired) electrons. The van der Waals surface area contributed by atoms with Crippen molar-refractivity contribution in [1.29, 1.82) is 0 Å². The number of aromatic nitrogens is 1. The molecule has 0 bridgehead atoms. The number of aryl methyl sites for hydroxylation is 1. The van der Waals surface area contributed by atoms with Crippen molar-refractivity contribution in [2.24, 2.45) is 0 Å². The van der Waals surface area contributed by atoms with Gasteiger partial charge in [0, 0.05) is 57.2 Å². The molecule has 0 saturated carbocycles. The monoisotopic (exact) mass is 260 g/mol. The fourth-order valence-electron chi connectivity index (χ4n) is 2.70. The van der Waals surface area contributed by atoms with Crippen molar-refractivity contribution >= 4 is 5.91 Å². The van der Waals surface area contributed by atoms with E-state index >= 15 is 0 Å². The lowest BCUT2D eigenvalue weighted by molar-refractivity contribution is 0.0501. The molecule has 1 aromatic rings. The third kappa shape index (κ3) is 2.48. The van der Waals surface area contributed by atoms with Gasteiger partial charge in [-0.25, -0.2) is 0 Å². The van der Waals surface area contributed by atoms with Crippen LogP contribution in [-0.2, 0) is 0 Å². The van der Waals surface area contributed by atoms with Gasteiger partial charge in [0.1, 0.15) is 0 Å². The quantitative estimate of drug-likeness (QED) is 0.820. The highest BCUT2D eigenvalue weighted by Crippen LogP contribution is 2.13. The Kier molecular flexibility index (Phi) is 3.48. The average molecular weight is 260 g/mol. The van der Waals surface area contributed by atoms with Gasteiger partial charge in [0.05, 0.1) is 5.56 Å². The fraction of sp³-hybridized carbons (Fsp3) is 0.571. The van der Waals surface area contributed by atoms with E-state index in [0.717, 1.165) is 50.5 Å². The standard InChI is InChI=1S/C14H20N4O/c1-11-13(3-2-4-16-11)14(19)18-7-5-17(6-8-18)12-9-15-10-12/h2-4,12,15H,5-10H2,1H3. The first kappa shape index (κ1) is 12.6. The van der Waals surface area contributed by atoms with Crippen LogP contribution < -0.4 is 5.32 Å². The Bertz CT molecular complexity index is 464. The molecule has 5 heteroatoms. The Morgan fingerprint density at radius 3 is 2.63 bits per heavy atom. The van der Waals surface area contributed by atoms with Gasteiger partial charge in [-0.05, 0) is 19.1 Å². The second kappa shape index (κ2) is 5.27. The van der Waals surface area contributed by atoms with Crippen molar-refractivity contribution in [1.82, 2.24) is 20.1 Å². The highest BCUT2D eigenvalue weighted by atomic mass is 16.2. The van der Waals surface area contributed by atoms with Crippen LogP contribution in [0.3, 0.4) is 0 Å². The predicted octanol–water partition coefficient (Wildman–Crippen LogP) is 0.120. The number of piperazine rings is 1. The van der Waals surface area contributed by atoms with Gasteiger partial charge in [-0.1, -0.05) is 0 Å². The second-order valence-electron chi connectivity index (χ2n) is 5.28. The van der Waals surface area contributed by atoms with Crippen molar-refractivity contribution < 1.29 is 4.79 Å². The molecular weight excluding hydrogens is 240 g/mol. The molecule has 1 amide bonds. The number of amides is 1. The number of nitrogens with one attached hydrogen (secondary N) is 1. The van der Waals surface area contributed by atoms with E-state index in [2.05, 4.69) is 15.2 Å². The maximum absolute atomic E-state index is 12.4. The van der Waals surface area contributed by atoms with Gasteiger partial charge in [-0.3, -0.25) is 14.7 Å². The first-order chi connectivity index (χ1) is 9.25. The largest absolute Gasteiger partial charge is 0.336 e. The minimum Gasteiger partial charge on any atom is -0.336 e. The molecule has 0 aromatic carbocycles. The summed E-state index contributed by atoms with van der Waals surface area (Å²) in [6, 6.07) is 4.38. The maximum Gasteiger partial charge on any atom is 0.255 e. The highest BCUT2D eigenvalue weighted by Gasteiger charge is 2.29. The van der Waals surface area contributed by atoms with Crippen molar-refractivity contribution in [3.8, 4) is 0 Å². The van der Waals surface area contributed by atoms with Gasteiger partial charge in [0.15, 0.2) is 0 Å². The van der Waals surface area contributed by atoms with Gasteiger partial charge >= 0.3 is 0 Å². The Labute approximate surface area is 113 Å². The van der Waals surface area contributed by atoms with Crippen LogP contribution in [0.15, 0.2) is 18.3 Å². The summed E-state index contributed by atoms with van der Waals surface area (Å²) in [5.74, 6) is 0.122. The topological polar surface area (TPSA) is 48.5 Å². The molecule has 19 heavy (non-hydrogen) atoms. The summed E-state index contributed by atoms with van der Waals surface area (Å²) in [5.41, 5.74) is 1.55. The molecule has 102 valence electrons. The van der Waals surface area contributed by atoms with E-state index in [1.165, 1.54) is 0 Å². The molecule has 2 fully saturated rings. The molecule has 3 rings (SSSR count). The Morgan fingerprint density at radius 1 is 1.32 bits per heavy atom. The molecule has 5 nitrogen and oxygen atoms in total. The van der Waals surface area contributed by atoms with Crippen LogP contribution in [-0.4, -0.2) is 66.0 Å². The van der Waals surface area contributed by atoms with Crippen LogP contribution in [0.25, 0.3) is 0 Å². The fourth-order valence-corrected chi connectivity index (χ4v) is 2.70. The molecule has 0 spiro atoms. The Balaban J connectivity index is 1.62. The van der Waals surface area contributed by atoms with Gasteiger partial charge in [0.2, 0.25) is 0 Å². The van der Waals surface area contributed by atoms with Crippen LogP contribution >= 0.6 is 0 Å². The van der Waals surface area contributed by atoms with E-state index in [1.807, 2.05) is 24.0 Å². The van der Waals surface area contributed by atoms with E-state index in [1.54, 1.807) is 6.20 Å². The second-order valence-corrected chi connectivity index (χ2v) is 5.28. The SMILES string of the molecule is Cc1ncccc1C(=O)N1CCN(C2CNC2)CC1. The number of rotatable bonds is 2. The number of pyridine rings is 1. The van der Waals surface area contributed by atoms with E-state index < -0.39 is 0 Å². The third-order valence-electron chi connectivity index (χ3n) is 4.12. The molecule has 0 atom stereocenters. The zero-order valence-electron chi connectivity index (χ0n) is 11.3. The number of hydrogen-bond acceptors (Lipinski definition) is 4. The summed E-state index contributed by atoms with van der Waals surface area (Å²) in [5, 5.41) is 3.30. The predicted molar refractivity (Wildman–Crippen MR) is 73.1 cm³/mol. The number of carbonyl (C=O) groups is 1. The lowest BCUT2D eigenvalue weighted by Crippen LogP contribution is -2.62. The van der Waals surface area contributed by atoms with Gasteiger partial charge in [0.25, 0.3) is 5.91 Å². The summed E-state index contributed by atoms with van der Waals surface area (Å²) in [7, 11) is 0. The van der Waals surface area contributed by atoms with Crippen LogP contribution in [0.5, 0.6) is 0 Å². The minimum absolute atomic E-state index is 0.122. The normalized spacial score (nSPS) is 21.2. The molecular formula is C14H20N4O. The van der Waals surface area contributed by atoms with Crippen molar-refractivity contribution in [2.45, 2.75) is 13.0 Å². The third-order valence-corrected chi connectivity index (χ3v) is 4.12. The van der Waals surface area contributed by atoms with Crippen molar-refractivity contribution in [3.63, 3.8) is 0 Å². The molecule has 2 saturated heterocycles. The molecule has 1 N–H and O–H groups in total. The number of hydrogen-bond donors (Lipinski definition) is 1. The number of carbonyl (C=O) groups excluding carboxylic acids is 1. The highest BCUT2D eigenvalue weighted by molar-refractivity contribution is 5.95. The van der Waals surface area contributed by atoms with Crippen LogP contribution in [0.1, 0.15) is 16.1 Å². The first-order valence-electron chi connectivity index (χ1n) is 6.91. The smallest absolute Gasteiger partial charge is 0.255 e. The zero-order chi connectivity index (χ0) is 13.2. The van der Waals surface area contributed by atoms with Crippen LogP contribution in [0, 0.1) is 6.92 Å². The molecule has 0 aliphatic carbocycles. The average Bonchev–Trinajstić information content (AvgIpc) is 2.37. The summed E-state index contributed by atoms with van der Waals surface area (Å²) < 4.78 is 0. The summed E-state index contributed by atoms with van der Waals surface area (Å²) in [6.07, 6.45) is 1.73. The summed E-state index contributed by atoms with van der Waals surface area (Å²) >= 11 is 0. The first-order valence-corrected chi connectivity index (χ1v) is 6.91. The summed E-state index contributed by atoms with van der Waals surface area (Å²) in [4.78, 5) is 21.1. The lowest BCUT2D eigenvalue weighted by atomic mass is 10.1. The molecule has 0 unspecified atom stereocenters.